The normalized spacial score (nSPS) is 34.2. The van der Waals surface area contributed by atoms with Gasteiger partial charge in [-0.15, -0.1) is 0 Å². The Kier molecular flexibility index (Phi) is 3.05. The Labute approximate surface area is 159 Å². The van der Waals surface area contributed by atoms with Crippen LogP contribution in [0.25, 0.3) is 11.1 Å². The van der Waals surface area contributed by atoms with Crippen LogP contribution in [-0.4, -0.2) is 0 Å². The Morgan fingerprint density at radius 1 is 0.840 bits per heavy atom. The van der Waals surface area contributed by atoms with E-state index in [9.17, 15) is 0 Å². The zero-order valence-electron chi connectivity index (χ0n) is 14.3. The van der Waals surface area contributed by atoms with E-state index in [-0.39, 0.29) is 0 Å². The van der Waals surface area contributed by atoms with Gasteiger partial charge in [0.15, 0.2) is 0 Å². The first kappa shape index (κ1) is 15.1. The second-order valence-electron chi connectivity index (χ2n) is 9.11. The highest BCUT2D eigenvalue weighted by Crippen LogP contribution is 2.63. The Balaban J connectivity index is 1.59. The second kappa shape index (κ2) is 5.05. The maximum atomic E-state index is 6.92. The highest BCUT2D eigenvalue weighted by molar-refractivity contribution is 6.43. The fraction of sp³-hybridized carbons (Fsp3) is 0.478. The van der Waals surface area contributed by atoms with Crippen molar-refractivity contribution in [3.05, 3.63) is 57.1 Å². The van der Waals surface area contributed by atoms with Gasteiger partial charge >= 0.3 is 0 Å². The van der Waals surface area contributed by atoms with Crippen LogP contribution in [0.15, 0.2) is 30.3 Å². The first-order chi connectivity index (χ1) is 12.1. The monoisotopic (exact) mass is 368 g/mol. The zero-order chi connectivity index (χ0) is 16.8. The van der Waals surface area contributed by atoms with Crippen molar-refractivity contribution in [2.45, 2.75) is 50.4 Å². The fourth-order valence-electron chi connectivity index (χ4n) is 7.19. The largest absolute Gasteiger partial charge is 0.0827 e. The lowest BCUT2D eigenvalue weighted by atomic mass is 9.47. The maximum absolute atomic E-state index is 6.92. The van der Waals surface area contributed by atoms with Gasteiger partial charge in [0, 0.05) is 0 Å². The molecular formula is C23H22Cl2. The molecule has 0 unspecified atom stereocenters. The van der Waals surface area contributed by atoms with Gasteiger partial charge in [-0.05, 0) is 102 Å². The van der Waals surface area contributed by atoms with E-state index in [0.29, 0.717) is 5.41 Å². The standard InChI is InChI=1S/C23H22Cl2/c24-20-9-18-17-4-2-1-3-16(17)8-19(18)21(22(20)25)23-10-13-5-14(11-23)7-15(6-13)12-23/h1-4,9,13-15H,5-8,10-12H2. The van der Waals surface area contributed by atoms with E-state index >= 15 is 0 Å². The summed E-state index contributed by atoms with van der Waals surface area (Å²) in [6, 6.07) is 10.9. The molecule has 0 nitrogen and oxygen atoms in total. The van der Waals surface area contributed by atoms with Crippen LogP contribution in [0.1, 0.15) is 55.2 Å². The smallest absolute Gasteiger partial charge is 0.0633 e. The minimum absolute atomic E-state index is 0.295. The quantitative estimate of drug-likeness (QED) is 0.432. The summed E-state index contributed by atoms with van der Waals surface area (Å²) in [5.41, 5.74) is 7.35. The van der Waals surface area contributed by atoms with E-state index in [1.807, 2.05) is 0 Å². The van der Waals surface area contributed by atoms with Crippen LogP contribution in [0.2, 0.25) is 10.0 Å². The molecule has 0 saturated heterocycles. The molecule has 2 heteroatoms. The fourth-order valence-corrected chi connectivity index (χ4v) is 7.76. The molecule has 4 saturated carbocycles. The Bertz CT molecular complexity index is 860. The van der Waals surface area contributed by atoms with Gasteiger partial charge in [-0.1, -0.05) is 47.5 Å². The summed E-state index contributed by atoms with van der Waals surface area (Å²) in [6.07, 6.45) is 9.41. The van der Waals surface area contributed by atoms with E-state index < -0.39 is 0 Å². The third kappa shape index (κ3) is 2.02. The topological polar surface area (TPSA) is 0 Å². The molecule has 0 N–H and O–H groups in total. The van der Waals surface area contributed by atoms with E-state index in [1.165, 1.54) is 66.3 Å². The highest BCUT2D eigenvalue weighted by Gasteiger charge is 2.53. The molecule has 0 heterocycles. The highest BCUT2D eigenvalue weighted by atomic mass is 35.5. The first-order valence-electron chi connectivity index (χ1n) is 9.72. The maximum Gasteiger partial charge on any atom is 0.0633 e. The van der Waals surface area contributed by atoms with Crippen molar-refractivity contribution in [2.24, 2.45) is 17.8 Å². The average molecular weight is 369 g/mol. The summed E-state index contributed by atoms with van der Waals surface area (Å²) in [5.74, 6) is 2.75. The molecule has 0 spiro atoms. The van der Waals surface area contributed by atoms with Gasteiger partial charge in [-0.25, -0.2) is 0 Å². The summed E-state index contributed by atoms with van der Waals surface area (Å²) < 4.78 is 0. The number of hydrogen-bond acceptors (Lipinski definition) is 0. The van der Waals surface area contributed by atoms with Crippen LogP contribution in [-0.2, 0) is 11.8 Å². The molecule has 0 atom stereocenters. The van der Waals surface area contributed by atoms with E-state index in [0.717, 1.165) is 34.2 Å². The molecule has 4 fully saturated rings. The van der Waals surface area contributed by atoms with Crippen molar-refractivity contribution in [2.75, 3.05) is 0 Å². The van der Waals surface area contributed by atoms with Crippen LogP contribution in [0, 0.1) is 17.8 Å². The van der Waals surface area contributed by atoms with E-state index in [1.54, 1.807) is 0 Å². The van der Waals surface area contributed by atoms with E-state index in [2.05, 4.69) is 30.3 Å². The number of rotatable bonds is 1. The molecule has 7 rings (SSSR count). The SMILES string of the molecule is Clc1cc2c(c(C34CC5CC(CC(C5)C3)C4)c1Cl)Cc1ccccc1-2. The lowest BCUT2D eigenvalue weighted by Crippen LogP contribution is -2.49. The summed E-state index contributed by atoms with van der Waals surface area (Å²) in [4.78, 5) is 0. The van der Waals surface area contributed by atoms with Crippen LogP contribution >= 0.6 is 23.2 Å². The lowest BCUT2D eigenvalue weighted by molar-refractivity contribution is -0.00543. The molecule has 0 aliphatic heterocycles. The molecule has 0 radical (unpaired) electrons. The summed E-state index contributed by atoms with van der Waals surface area (Å²) in [7, 11) is 0. The van der Waals surface area contributed by atoms with E-state index in [4.69, 9.17) is 23.2 Å². The summed E-state index contributed by atoms with van der Waals surface area (Å²) >= 11 is 13.6. The third-order valence-electron chi connectivity index (χ3n) is 7.57. The zero-order valence-corrected chi connectivity index (χ0v) is 15.8. The predicted molar refractivity (Wildman–Crippen MR) is 105 cm³/mol. The molecule has 25 heavy (non-hydrogen) atoms. The third-order valence-corrected chi connectivity index (χ3v) is 8.36. The van der Waals surface area contributed by atoms with Crippen molar-refractivity contribution in [1.29, 1.82) is 0 Å². The lowest BCUT2D eigenvalue weighted by Gasteiger charge is -2.57. The molecule has 5 aliphatic rings. The van der Waals surface area contributed by atoms with Crippen molar-refractivity contribution in [3.63, 3.8) is 0 Å². The molecule has 0 aromatic heterocycles. The summed E-state index contributed by atoms with van der Waals surface area (Å²) in [6.45, 7) is 0. The summed E-state index contributed by atoms with van der Waals surface area (Å²) in [5, 5.41) is 1.61. The van der Waals surface area contributed by atoms with Crippen LogP contribution in [0.5, 0.6) is 0 Å². The number of halogens is 2. The first-order valence-corrected chi connectivity index (χ1v) is 10.5. The number of fused-ring (bicyclic) bond motifs is 3. The van der Waals surface area contributed by atoms with Gasteiger partial charge in [0.1, 0.15) is 0 Å². The van der Waals surface area contributed by atoms with Crippen molar-refractivity contribution in [3.8, 4) is 11.1 Å². The Morgan fingerprint density at radius 2 is 1.48 bits per heavy atom. The van der Waals surface area contributed by atoms with Gasteiger partial charge in [-0.2, -0.15) is 0 Å². The molecule has 5 aliphatic carbocycles. The van der Waals surface area contributed by atoms with Crippen molar-refractivity contribution < 1.29 is 0 Å². The van der Waals surface area contributed by atoms with Crippen LogP contribution in [0.4, 0.5) is 0 Å². The van der Waals surface area contributed by atoms with Crippen molar-refractivity contribution >= 4 is 23.2 Å². The van der Waals surface area contributed by atoms with Crippen LogP contribution < -0.4 is 0 Å². The molecule has 128 valence electrons. The predicted octanol–water partition coefficient (Wildman–Crippen LogP) is 7.03. The molecule has 0 amide bonds. The minimum Gasteiger partial charge on any atom is -0.0827 e. The number of hydrogen-bond donors (Lipinski definition) is 0. The Morgan fingerprint density at radius 3 is 2.16 bits per heavy atom. The molecule has 2 aromatic rings. The second-order valence-corrected chi connectivity index (χ2v) is 9.89. The Hall–Kier alpha value is -0.980. The molecular weight excluding hydrogens is 347 g/mol. The van der Waals surface area contributed by atoms with Crippen molar-refractivity contribution in [1.82, 2.24) is 0 Å². The van der Waals surface area contributed by atoms with Crippen LogP contribution in [0.3, 0.4) is 0 Å². The van der Waals surface area contributed by atoms with Gasteiger partial charge in [-0.3, -0.25) is 0 Å². The van der Waals surface area contributed by atoms with Gasteiger partial charge in [0.2, 0.25) is 0 Å². The number of benzene rings is 2. The van der Waals surface area contributed by atoms with Gasteiger partial charge in [0.25, 0.3) is 0 Å². The van der Waals surface area contributed by atoms with Gasteiger partial charge in [0.05, 0.1) is 10.0 Å². The average Bonchev–Trinajstić information content (AvgIpc) is 2.92. The molecule has 2 aromatic carbocycles. The molecule has 4 bridgehead atoms. The minimum atomic E-state index is 0.295. The van der Waals surface area contributed by atoms with Gasteiger partial charge < -0.3 is 0 Å².